The number of hydrogen-bond acceptors (Lipinski definition) is 3. The van der Waals surface area contributed by atoms with Crippen LogP contribution in [0.2, 0.25) is 0 Å². The predicted molar refractivity (Wildman–Crippen MR) is 78.7 cm³/mol. The summed E-state index contributed by atoms with van der Waals surface area (Å²) >= 11 is 0. The van der Waals surface area contributed by atoms with Crippen molar-refractivity contribution in [2.75, 3.05) is 19.0 Å². The number of nitrogens with one attached hydrogen (secondary N) is 1. The molecule has 1 aliphatic carbocycles. The Kier molecular flexibility index (Phi) is 3.53. The van der Waals surface area contributed by atoms with Crippen LogP contribution in [0.1, 0.15) is 25.7 Å². The first-order valence-electron chi connectivity index (χ1n) is 7.03. The number of hydrogen-bond donors (Lipinski definition) is 1. The normalized spacial score (nSPS) is 15.8. The van der Waals surface area contributed by atoms with E-state index in [4.69, 9.17) is 4.74 Å². The van der Waals surface area contributed by atoms with E-state index in [0.29, 0.717) is 0 Å². The molecule has 0 amide bonds. The molecule has 1 aromatic heterocycles. The van der Waals surface area contributed by atoms with Crippen LogP contribution in [0.25, 0.3) is 10.8 Å². The zero-order valence-electron chi connectivity index (χ0n) is 11.4. The number of ether oxygens (including phenoxy) is 1. The van der Waals surface area contributed by atoms with Gasteiger partial charge in [-0.2, -0.15) is 0 Å². The molecule has 2 aromatic rings. The van der Waals surface area contributed by atoms with Crippen LogP contribution < -0.4 is 10.1 Å². The quantitative estimate of drug-likeness (QED) is 0.902. The van der Waals surface area contributed by atoms with Gasteiger partial charge in [-0.05, 0) is 48.4 Å². The molecule has 1 N–H and O–H groups in total. The average molecular weight is 256 g/mol. The second kappa shape index (κ2) is 5.47. The van der Waals surface area contributed by atoms with Crippen molar-refractivity contribution in [1.29, 1.82) is 0 Å². The van der Waals surface area contributed by atoms with Gasteiger partial charge in [0.15, 0.2) is 0 Å². The lowest BCUT2D eigenvalue weighted by Crippen LogP contribution is -2.12. The summed E-state index contributed by atoms with van der Waals surface area (Å²) in [4.78, 5) is 4.47. The topological polar surface area (TPSA) is 34.1 Å². The summed E-state index contributed by atoms with van der Waals surface area (Å²) in [5.74, 6) is 2.70. The molecule has 0 unspecified atom stereocenters. The van der Waals surface area contributed by atoms with Gasteiger partial charge in [0.2, 0.25) is 0 Å². The summed E-state index contributed by atoms with van der Waals surface area (Å²) in [5, 5.41) is 5.85. The molecule has 0 atom stereocenters. The zero-order valence-corrected chi connectivity index (χ0v) is 11.4. The molecule has 1 heterocycles. The highest BCUT2D eigenvalue weighted by Gasteiger charge is 2.15. The number of rotatable bonds is 4. The first-order chi connectivity index (χ1) is 9.36. The van der Waals surface area contributed by atoms with Gasteiger partial charge in [-0.25, -0.2) is 4.98 Å². The largest absolute Gasteiger partial charge is 0.497 e. The summed E-state index contributed by atoms with van der Waals surface area (Å²) in [6.45, 7) is 1.04. The summed E-state index contributed by atoms with van der Waals surface area (Å²) in [7, 11) is 1.70. The van der Waals surface area contributed by atoms with E-state index in [9.17, 15) is 0 Å². The lowest BCUT2D eigenvalue weighted by molar-refractivity contribution is 0.415. The molecule has 0 saturated heterocycles. The molecular formula is C16H20N2O. The van der Waals surface area contributed by atoms with Gasteiger partial charge in [0.05, 0.1) is 7.11 Å². The molecular weight excluding hydrogens is 236 g/mol. The predicted octanol–water partition coefficient (Wildman–Crippen LogP) is 3.85. The molecule has 1 aliphatic rings. The molecule has 0 radical (unpaired) electrons. The number of aromatic nitrogens is 1. The number of fused-ring (bicyclic) bond motifs is 1. The Hall–Kier alpha value is -1.77. The van der Waals surface area contributed by atoms with Crippen LogP contribution in [0.4, 0.5) is 5.82 Å². The van der Waals surface area contributed by atoms with Crippen molar-refractivity contribution in [1.82, 2.24) is 4.98 Å². The van der Waals surface area contributed by atoms with E-state index >= 15 is 0 Å². The number of methoxy groups -OCH3 is 1. The van der Waals surface area contributed by atoms with Crippen LogP contribution in [0.3, 0.4) is 0 Å². The van der Waals surface area contributed by atoms with E-state index in [0.717, 1.165) is 24.0 Å². The summed E-state index contributed by atoms with van der Waals surface area (Å²) in [6.07, 6.45) is 7.33. The van der Waals surface area contributed by atoms with E-state index in [1.54, 1.807) is 7.11 Å². The van der Waals surface area contributed by atoms with Crippen molar-refractivity contribution in [3.8, 4) is 5.75 Å². The lowest BCUT2D eigenvalue weighted by atomic mass is 10.1. The number of pyridine rings is 1. The molecule has 0 spiro atoms. The smallest absolute Gasteiger partial charge is 0.133 e. The van der Waals surface area contributed by atoms with E-state index in [-0.39, 0.29) is 0 Å². The molecule has 3 nitrogen and oxygen atoms in total. The van der Waals surface area contributed by atoms with Crippen LogP contribution in [0.5, 0.6) is 5.75 Å². The third-order valence-corrected chi connectivity index (χ3v) is 4.00. The minimum absolute atomic E-state index is 0.815. The molecule has 1 saturated carbocycles. The molecule has 0 aliphatic heterocycles. The van der Waals surface area contributed by atoms with E-state index in [1.165, 1.54) is 36.5 Å². The van der Waals surface area contributed by atoms with Crippen molar-refractivity contribution in [3.63, 3.8) is 0 Å². The second-order valence-electron chi connectivity index (χ2n) is 5.28. The fraction of sp³-hybridized carbons (Fsp3) is 0.438. The summed E-state index contributed by atoms with van der Waals surface area (Å²) in [5.41, 5.74) is 0. The third kappa shape index (κ3) is 2.65. The Labute approximate surface area is 114 Å². The molecule has 1 fully saturated rings. The number of nitrogens with zero attached hydrogens (tertiary/aromatic N) is 1. The van der Waals surface area contributed by atoms with Gasteiger partial charge in [0, 0.05) is 18.1 Å². The Morgan fingerprint density at radius 1 is 1.26 bits per heavy atom. The Morgan fingerprint density at radius 2 is 2.11 bits per heavy atom. The average Bonchev–Trinajstić information content (AvgIpc) is 2.97. The molecule has 1 aromatic carbocycles. The summed E-state index contributed by atoms with van der Waals surface area (Å²) < 4.78 is 5.26. The van der Waals surface area contributed by atoms with Crippen molar-refractivity contribution in [2.24, 2.45) is 5.92 Å². The van der Waals surface area contributed by atoms with E-state index in [1.807, 2.05) is 18.3 Å². The van der Waals surface area contributed by atoms with Crippen LogP contribution in [0, 0.1) is 5.92 Å². The van der Waals surface area contributed by atoms with Gasteiger partial charge in [-0.3, -0.25) is 0 Å². The van der Waals surface area contributed by atoms with Crippen molar-refractivity contribution >= 4 is 16.6 Å². The maximum Gasteiger partial charge on any atom is 0.133 e. The van der Waals surface area contributed by atoms with Crippen molar-refractivity contribution < 1.29 is 4.74 Å². The summed E-state index contributed by atoms with van der Waals surface area (Å²) in [6, 6.07) is 8.15. The Bertz CT molecular complexity index is 562. The van der Waals surface area contributed by atoms with Crippen molar-refractivity contribution in [2.45, 2.75) is 25.7 Å². The van der Waals surface area contributed by atoms with E-state index in [2.05, 4.69) is 22.4 Å². The van der Waals surface area contributed by atoms with Gasteiger partial charge in [-0.1, -0.05) is 12.8 Å². The van der Waals surface area contributed by atoms with Crippen LogP contribution in [-0.2, 0) is 0 Å². The Morgan fingerprint density at radius 3 is 2.89 bits per heavy atom. The monoisotopic (exact) mass is 256 g/mol. The SMILES string of the molecule is COc1ccc2c(NCC3CCCC3)nccc2c1. The van der Waals surface area contributed by atoms with Crippen LogP contribution in [0.15, 0.2) is 30.5 Å². The van der Waals surface area contributed by atoms with Gasteiger partial charge in [-0.15, -0.1) is 0 Å². The van der Waals surface area contributed by atoms with Crippen LogP contribution >= 0.6 is 0 Å². The Balaban J connectivity index is 1.82. The maximum atomic E-state index is 5.26. The van der Waals surface area contributed by atoms with Crippen molar-refractivity contribution in [3.05, 3.63) is 30.5 Å². The molecule has 3 heteroatoms. The first-order valence-corrected chi connectivity index (χ1v) is 7.03. The minimum atomic E-state index is 0.815. The van der Waals surface area contributed by atoms with Gasteiger partial charge in [0.25, 0.3) is 0 Å². The first kappa shape index (κ1) is 12.3. The number of anilines is 1. The highest BCUT2D eigenvalue weighted by molar-refractivity contribution is 5.92. The van der Waals surface area contributed by atoms with Crippen LogP contribution in [-0.4, -0.2) is 18.6 Å². The maximum absolute atomic E-state index is 5.26. The van der Waals surface area contributed by atoms with E-state index < -0.39 is 0 Å². The second-order valence-corrected chi connectivity index (χ2v) is 5.28. The molecule has 19 heavy (non-hydrogen) atoms. The van der Waals surface area contributed by atoms with Gasteiger partial charge >= 0.3 is 0 Å². The zero-order chi connectivity index (χ0) is 13.1. The van der Waals surface area contributed by atoms with Gasteiger partial charge < -0.3 is 10.1 Å². The lowest BCUT2D eigenvalue weighted by Gasteiger charge is -2.13. The fourth-order valence-corrected chi connectivity index (χ4v) is 2.88. The highest BCUT2D eigenvalue weighted by Crippen LogP contribution is 2.28. The highest BCUT2D eigenvalue weighted by atomic mass is 16.5. The number of benzene rings is 1. The fourth-order valence-electron chi connectivity index (χ4n) is 2.88. The van der Waals surface area contributed by atoms with Gasteiger partial charge in [0.1, 0.15) is 11.6 Å². The minimum Gasteiger partial charge on any atom is -0.497 e. The standard InChI is InChI=1S/C16H20N2O/c1-19-14-6-7-15-13(10-14)8-9-17-16(15)18-11-12-4-2-3-5-12/h6-10,12H,2-5,11H2,1H3,(H,17,18). The molecule has 3 rings (SSSR count). The third-order valence-electron chi connectivity index (χ3n) is 4.00. The molecule has 0 bridgehead atoms. The molecule has 100 valence electrons.